The second-order valence-electron chi connectivity index (χ2n) is 13.2. The minimum Gasteiger partial charge on any atom is -0.438 e. The van der Waals surface area contributed by atoms with Gasteiger partial charge < -0.3 is 25.4 Å². The van der Waals surface area contributed by atoms with E-state index in [4.69, 9.17) is 15.2 Å². The summed E-state index contributed by atoms with van der Waals surface area (Å²) in [6.45, 7) is 12.9. The minimum atomic E-state index is -0.586. The highest BCUT2D eigenvalue weighted by atomic mass is 35.5. The summed E-state index contributed by atoms with van der Waals surface area (Å²) < 4.78 is 26.1. The van der Waals surface area contributed by atoms with Crippen LogP contribution in [0.15, 0.2) is 54.7 Å². The molecule has 2 aliphatic heterocycles. The molecule has 260 valence electrons. The summed E-state index contributed by atoms with van der Waals surface area (Å²) in [6, 6.07) is 16.0. The van der Waals surface area contributed by atoms with Crippen LogP contribution in [0.2, 0.25) is 0 Å². The molecule has 1 saturated carbocycles. The highest BCUT2D eigenvalue weighted by Crippen LogP contribution is 2.32. The Hall–Kier alpha value is -3.12. The van der Waals surface area contributed by atoms with Gasteiger partial charge in [0.15, 0.2) is 0 Å². The lowest BCUT2D eigenvalue weighted by atomic mass is 9.91. The van der Waals surface area contributed by atoms with E-state index < -0.39 is 11.7 Å². The number of nitrogens with two attached hydrogens (primary N) is 1. The summed E-state index contributed by atoms with van der Waals surface area (Å²) in [5, 5.41) is 3.03. The van der Waals surface area contributed by atoms with Crippen molar-refractivity contribution >= 4 is 18.3 Å². The van der Waals surface area contributed by atoms with Gasteiger partial charge in [0, 0.05) is 64.4 Å². The highest BCUT2D eigenvalue weighted by Gasteiger charge is 2.24. The van der Waals surface area contributed by atoms with Crippen molar-refractivity contribution in [1.29, 1.82) is 0 Å². The molecule has 9 nitrogen and oxygen atoms in total. The molecule has 1 aromatic heterocycles. The predicted octanol–water partition coefficient (Wildman–Crippen LogP) is 5.46. The number of halogens is 2. The van der Waals surface area contributed by atoms with Crippen LogP contribution in [0.25, 0.3) is 11.1 Å². The molecule has 0 bridgehead atoms. The van der Waals surface area contributed by atoms with Gasteiger partial charge >= 0.3 is 0 Å². The number of piperazine rings is 1. The summed E-state index contributed by atoms with van der Waals surface area (Å²) in [5.41, 5.74) is 10.8. The molecule has 0 spiro atoms. The number of hydrogen-bond acceptors (Lipinski definition) is 8. The zero-order valence-corrected chi connectivity index (χ0v) is 28.9. The quantitative estimate of drug-likeness (QED) is 0.276. The first kappa shape index (κ1) is 36.2. The molecule has 48 heavy (non-hydrogen) atoms. The minimum absolute atomic E-state index is 0. The molecule has 2 aromatic carbocycles. The molecule has 1 amide bonds. The van der Waals surface area contributed by atoms with Gasteiger partial charge in [-0.25, -0.2) is 9.37 Å². The lowest BCUT2D eigenvalue weighted by molar-refractivity contribution is 0.0342. The first-order valence-corrected chi connectivity index (χ1v) is 17.3. The molecule has 3 aromatic rings. The Bertz CT molecular complexity index is 1490. The number of aromatic nitrogens is 1. The van der Waals surface area contributed by atoms with Gasteiger partial charge in [0.05, 0.1) is 19.4 Å². The molecule has 0 unspecified atom stereocenters. The Kier molecular flexibility index (Phi) is 13.2. The van der Waals surface area contributed by atoms with Crippen molar-refractivity contribution in [2.75, 3.05) is 59.0 Å². The van der Waals surface area contributed by atoms with Crippen LogP contribution in [-0.4, -0.2) is 96.7 Å². The number of benzene rings is 2. The lowest BCUT2D eigenvalue weighted by Crippen LogP contribution is -2.46. The van der Waals surface area contributed by atoms with Gasteiger partial charge in [0.1, 0.15) is 17.1 Å². The predicted molar refractivity (Wildman–Crippen MR) is 189 cm³/mol. The van der Waals surface area contributed by atoms with Crippen molar-refractivity contribution in [1.82, 2.24) is 25.0 Å². The molecule has 0 atom stereocenters. The Labute approximate surface area is 290 Å². The number of amides is 1. The van der Waals surface area contributed by atoms with Crippen LogP contribution >= 0.6 is 12.4 Å². The van der Waals surface area contributed by atoms with E-state index in [2.05, 4.69) is 56.2 Å². The fourth-order valence-electron chi connectivity index (χ4n) is 6.94. The molecule has 1 aliphatic carbocycles. The van der Waals surface area contributed by atoms with E-state index in [-0.39, 0.29) is 35.9 Å². The van der Waals surface area contributed by atoms with E-state index in [1.807, 2.05) is 18.2 Å². The van der Waals surface area contributed by atoms with Gasteiger partial charge in [0.2, 0.25) is 5.88 Å². The average Bonchev–Trinajstić information content (AvgIpc) is 3.08. The van der Waals surface area contributed by atoms with Crippen molar-refractivity contribution in [2.24, 2.45) is 5.73 Å². The molecule has 3 aliphatic rings. The topological polar surface area (TPSA) is 96.2 Å². The monoisotopic (exact) mass is 680 g/mol. The van der Waals surface area contributed by atoms with Crippen LogP contribution in [0.5, 0.6) is 11.6 Å². The number of rotatable bonds is 11. The largest absolute Gasteiger partial charge is 0.438 e. The summed E-state index contributed by atoms with van der Waals surface area (Å²) in [4.78, 5) is 25.0. The van der Waals surface area contributed by atoms with Crippen LogP contribution in [0, 0.1) is 5.82 Å². The average molecular weight is 681 g/mol. The number of ether oxygens (including phenoxy) is 2. The molecule has 2 saturated heterocycles. The maximum atomic E-state index is 14.3. The number of pyridine rings is 1. The van der Waals surface area contributed by atoms with Gasteiger partial charge in [-0.2, -0.15) is 0 Å². The third-order valence-corrected chi connectivity index (χ3v) is 9.61. The molecule has 3 fully saturated rings. The van der Waals surface area contributed by atoms with Crippen molar-refractivity contribution in [3.05, 3.63) is 77.2 Å². The zero-order valence-electron chi connectivity index (χ0n) is 28.0. The summed E-state index contributed by atoms with van der Waals surface area (Å²) in [6.07, 6.45) is 5.59. The van der Waals surface area contributed by atoms with Gasteiger partial charge in [-0.15, -0.1) is 12.4 Å². The van der Waals surface area contributed by atoms with Crippen LogP contribution in [0.4, 0.5) is 4.39 Å². The number of nitrogens with zero attached hydrogens (tertiary/aromatic N) is 4. The molecular weight excluding hydrogens is 631 g/mol. The van der Waals surface area contributed by atoms with E-state index in [1.165, 1.54) is 30.2 Å². The standard InChI is InChI=1S/C37H49FN6O3.ClH/c1-2-12-42-13-15-43(16-14-42)25-27-6-11-34(29(21-27)26-44-17-19-46-20-18-44)28-4-3-5-33(22-28)47-37-35(23-30(38)24-40-37)36(45)41-32-9-7-31(39)8-10-32;/h3-6,11,21-24,31-32H,2,7-10,12-20,25-26,39H2,1H3,(H,41,45);1H. The van der Waals surface area contributed by atoms with Crippen molar-refractivity contribution in [2.45, 2.75) is 64.2 Å². The van der Waals surface area contributed by atoms with Crippen molar-refractivity contribution in [3.8, 4) is 22.8 Å². The summed E-state index contributed by atoms with van der Waals surface area (Å²) in [7, 11) is 0. The van der Waals surface area contributed by atoms with Crippen LogP contribution in [0.3, 0.4) is 0 Å². The highest BCUT2D eigenvalue weighted by molar-refractivity contribution is 5.96. The van der Waals surface area contributed by atoms with Gasteiger partial charge in [-0.05, 0) is 79.1 Å². The molecule has 0 radical (unpaired) electrons. The fraction of sp³-hybridized carbons (Fsp3) is 0.514. The summed E-state index contributed by atoms with van der Waals surface area (Å²) >= 11 is 0. The number of morpholine rings is 1. The molecule has 3 heterocycles. The zero-order chi connectivity index (χ0) is 32.6. The van der Waals surface area contributed by atoms with Crippen LogP contribution in [-0.2, 0) is 17.8 Å². The number of nitrogens with one attached hydrogen (secondary N) is 1. The van der Waals surface area contributed by atoms with Crippen LogP contribution < -0.4 is 15.8 Å². The second kappa shape index (κ2) is 17.5. The maximum absolute atomic E-state index is 14.3. The van der Waals surface area contributed by atoms with E-state index in [1.54, 1.807) is 0 Å². The SMILES string of the molecule is CCCN1CCN(Cc2ccc(-c3cccc(Oc4ncc(F)cc4C(=O)NC4CCC(N)CC4)c3)c(CN3CCOCC3)c2)CC1.Cl. The normalized spacial score (nSPS) is 21.0. The van der Waals surface area contributed by atoms with Crippen LogP contribution in [0.1, 0.15) is 60.5 Å². The van der Waals surface area contributed by atoms with Crippen molar-refractivity contribution in [3.63, 3.8) is 0 Å². The Morgan fingerprint density at radius 3 is 2.44 bits per heavy atom. The van der Waals surface area contributed by atoms with E-state index in [0.717, 1.165) is 109 Å². The van der Waals surface area contributed by atoms with Gasteiger partial charge in [-0.1, -0.05) is 37.3 Å². The van der Waals surface area contributed by atoms with E-state index in [9.17, 15) is 9.18 Å². The van der Waals surface area contributed by atoms with E-state index >= 15 is 0 Å². The summed E-state index contributed by atoms with van der Waals surface area (Å²) in [5.74, 6) is -0.362. The van der Waals surface area contributed by atoms with Crippen molar-refractivity contribution < 1.29 is 18.7 Å². The number of carbonyl (C=O) groups excluding carboxylic acids is 1. The fourth-order valence-corrected chi connectivity index (χ4v) is 6.94. The maximum Gasteiger partial charge on any atom is 0.257 e. The van der Waals surface area contributed by atoms with Gasteiger partial charge in [-0.3, -0.25) is 14.6 Å². The lowest BCUT2D eigenvalue weighted by Gasteiger charge is -2.34. The number of hydrogen-bond donors (Lipinski definition) is 2. The number of carbonyl (C=O) groups is 1. The second-order valence-corrected chi connectivity index (χ2v) is 13.2. The Morgan fingerprint density at radius 1 is 0.958 bits per heavy atom. The van der Waals surface area contributed by atoms with E-state index in [0.29, 0.717) is 5.75 Å². The third kappa shape index (κ3) is 9.74. The third-order valence-electron chi connectivity index (χ3n) is 9.61. The Morgan fingerprint density at radius 2 is 1.69 bits per heavy atom. The molecule has 11 heteroatoms. The first-order valence-electron chi connectivity index (χ1n) is 17.3. The molecule has 6 rings (SSSR count). The molecule has 3 N–H and O–H groups in total. The Balaban J connectivity index is 0.00000451. The molecular formula is C37H50ClFN6O3. The first-order chi connectivity index (χ1) is 22.9. The smallest absolute Gasteiger partial charge is 0.257 e. The van der Waals surface area contributed by atoms with Gasteiger partial charge in [0.25, 0.3) is 5.91 Å².